The zero-order valence-corrected chi connectivity index (χ0v) is 15.0. The van der Waals surface area contributed by atoms with E-state index in [0.717, 1.165) is 21.9 Å². The van der Waals surface area contributed by atoms with E-state index in [1.54, 1.807) is 14.2 Å². The number of nitriles is 1. The number of hydrogen-bond donors (Lipinski definition) is 1. The molecule has 1 N–H and O–H groups in total. The molecule has 134 valence electrons. The number of rotatable bonds is 3. The number of methoxy groups -OCH3 is 2. The quantitative estimate of drug-likeness (QED) is 0.748. The molecule has 0 spiro atoms. The normalized spacial score (nSPS) is 18.3. The van der Waals surface area contributed by atoms with Crippen LogP contribution in [0, 0.1) is 22.7 Å². The second-order valence-electron chi connectivity index (χ2n) is 6.36. The summed E-state index contributed by atoms with van der Waals surface area (Å²) in [5.74, 6) is 0.727. The third-order valence-corrected chi connectivity index (χ3v) is 4.98. The Balaban J connectivity index is 2.00. The number of ether oxygens (including phenoxy) is 3. The lowest BCUT2D eigenvalue weighted by molar-refractivity contribution is 0.354. The Morgan fingerprint density at radius 3 is 2.52 bits per heavy atom. The first-order chi connectivity index (χ1) is 13.2. The van der Waals surface area contributed by atoms with Gasteiger partial charge in [-0.05, 0) is 34.5 Å². The average Bonchev–Trinajstić information content (AvgIpc) is 2.72. The van der Waals surface area contributed by atoms with E-state index >= 15 is 0 Å². The van der Waals surface area contributed by atoms with E-state index in [2.05, 4.69) is 6.07 Å². The van der Waals surface area contributed by atoms with Gasteiger partial charge in [0.05, 0.1) is 20.3 Å². The highest BCUT2D eigenvalue weighted by atomic mass is 16.5. The first-order valence-corrected chi connectivity index (χ1v) is 8.57. The zero-order chi connectivity index (χ0) is 19.0. The van der Waals surface area contributed by atoms with E-state index < -0.39 is 5.92 Å². The highest BCUT2D eigenvalue weighted by Crippen LogP contribution is 2.46. The predicted octanol–water partition coefficient (Wildman–Crippen LogP) is 4.50. The van der Waals surface area contributed by atoms with Gasteiger partial charge in [-0.15, -0.1) is 0 Å². The smallest absolute Gasteiger partial charge is 0.205 e. The minimum absolute atomic E-state index is 0.0416. The Labute approximate surface area is 157 Å². The molecular formula is C22H18N2O3. The van der Waals surface area contributed by atoms with Crippen molar-refractivity contribution in [1.29, 1.82) is 10.7 Å². The van der Waals surface area contributed by atoms with Crippen LogP contribution < -0.4 is 14.2 Å². The minimum Gasteiger partial charge on any atom is -0.493 e. The van der Waals surface area contributed by atoms with E-state index in [0.29, 0.717) is 17.2 Å². The van der Waals surface area contributed by atoms with Gasteiger partial charge in [0.1, 0.15) is 11.7 Å². The van der Waals surface area contributed by atoms with E-state index in [1.807, 2.05) is 54.6 Å². The maximum atomic E-state index is 9.79. The Kier molecular flexibility index (Phi) is 4.17. The third-order valence-electron chi connectivity index (χ3n) is 4.98. The number of nitrogens with one attached hydrogen (secondary N) is 1. The number of nitrogens with zero attached hydrogens (tertiary/aromatic N) is 1. The fraction of sp³-hybridized carbons (Fsp3) is 0.182. The maximum Gasteiger partial charge on any atom is 0.205 e. The molecule has 4 rings (SSSR count). The van der Waals surface area contributed by atoms with Crippen LogP contribution in [0.3, 0.4) is 0 Å². The molecule has 3 aromatic rings. The number of hydrogen-bond acceptors (Lipinski definition) is 5. The van der Waals surface area contributed by atoms with Gasteiger partial charge < -0.3 is 14.2 Å². The maximum absolute atomic E-state index is 9.79. The summed E-state index contributed by atoms with van der Waals surface area (Å²) in [6.45, 7) is 0. The predicted molar refractivity (Wildman–Crippen MR) is 103 cm³/mol. The molecule has 0 saturated carbocycles. The summed E-state index contributed by atoms with van der Waals surface area (Å²) in [5, 5.41) is 20.1. The second-order valence-corrected chi connectivity index (χ2v) is 6.36. The fourth-order valence-electron chi connectivity index (χ4n) is 3.72. The molecule has 0 fully saturated rings. The standard InChI is InChI=1S/C22H18N2O3/c1-25-17-9-8-14(11-19(17)26-2)20-16(12-23)22(24)27-18-10-7-13-5-3-4-6-15(13)21(18)20/h3-11,16,20,24H,1-2H3. The highest BCUT2D eigenvalue weighted by Gasteiger charge is 2.38. The first kappa shape index (κ1) is 16.9. The summed E-state index contributed by atoms with van der Waals surface area (Å²) < 4.78 is 16.5. The van der Waals surface area contributed by atoms with Gasteiger partial charge in [0.15, 0.2) is 11.5 Å². The van der Waals surface area contributed by atoms with Crippen LogP contribution in [0.15, 0.2) is 54.6 Å². The van der Waals surface area contributed by atoms with Gasteiger partial charge in [-0.3, -0.25) is 5.41 Å². The SMILES string of the molecule is COc1ccc(C2c3c(ccc4ccccc34)OC(=N)C2C#N)cc1OC. The van der Waals surface area contributed by atoms with E-state index in [4.69, 9.17) is 19.6 Å². The molecule has 27 heavy (non-hydrogen) atoms. The summed E-state index contributed by atoms with van der Waals surface area (Å²) in [6.07, 6.45) is 0. The van der Waals surface area contributed by atoms with Gasteiger partial charge in [0.2, 0.25) is 5.90 Å². The Hall–Kier alpha value is -3.52. The average molecular weight is 358 g/mol. The third kappa shape index (κ3) is 2.67. The Morgan fingerprint density at radius 1 is 1.00 bits per heavy atom. The van der Waals surface area contributed by atoms with Crippen LogP contribution in [0.1, 0.15) is 17.0 Å². The van der Waals surface area contributed by atoms with Crippen molar-refractivity contribution in [2.75, 3.05) is 14.2 Å². The molecule has 0 amide bonds. The summed E-state index contributed by atoms with van der Waals surface area (Å²) in [4.78, 5) is 0. The molecule has 3 aromatic carbocycles. The van der Waals surface area contributed by atoms with Crippen molar-refractivity contribution in [1.82, 2.24) is 0 Å². The van der Waals surface area contributed by atoms with E-state index in [-0.39, 0.29) is 11.8 Å². The molecule has 0 bridgehead atoms. The van der Waals surface area contributed by atoms with Gasteiger partial charge >= 0.3 is 0 Å². The van der Waals surface area contributed by atoms with Crippen molar-refractivity contribution in [2.24, 2.45) is 5.92 Å². The van der Waals surface area contributed by atoms with Crippen molar-refractivity contribution in [3.8, 4) is 23.3 Å². The van der Waals surface area contributed by atoms with E-state index in [9.17, 15) is 5.26 Å². The fourth-order valence-corrected chi connectivity index (χ4v) is 3.72. The van der Waals surface area contributed by atoms with Crippen LogP contribution in [0.4, 0.5) is 0 Å². The van der Waals surface area contributed by atoms with Crippen LogP contribution in [0.5, 0.6) is 17.2 Å². The van der Waals surface area contributed by atoms with Gasteiger partial charge in [0.25, 0.3) is 0 Å². The van der Waals surface area contributed by atoms with Crippen molar-refractivity contribution in [3.63, 3.8) is 0 Å². The summed E-state index contributed by atoms with van der Waals surface area (Å²) >= 11 is 0. The molecular weight excluding hydrogens is 340 g/mol. The van der Waals surface area contributed by atoms with E-state index in [1.165, 1.54) is 0 Å². The van der Waals surface area contributed by atoms with Crippen LogP contribution in [-0.2, 0) is 0 Å². The molecule has 0 saturated heterocycles. The first-order valence-electron chi connectivity index (χ1n) is 8.57. The molecule has 5 nitrogen and oxygen atoms in total. The van der Waals surface area contributed by atoms with Gasteiger partial charge in [-0.2, -0.15) is 5.26 Å². The molecule has 0 radical (unpaired) electrons. The number of benzene rings is 3. The molecule has 5 heteroatoms. The summed E-state index contributed by atoms with van der Waals surface area (Å²) in [6, 6.07) is 19.7. The topological polar surface area (TPSA) is 75.3 Å². The Bertz CT molecular complexity index is 1080. The lowest BCUT2D eigenvalue weighted by Crippen LogP contribution is -2.31. The van der Waals surface area contributed by atoms with Crippen LogP contribution in [0.2, 0.25) is 0 Å². The van der Waals surface area contributed by atoms with Gasteiger partial charge in [-0.1, -0.05) is 36.4 Å². The van der Waals surface area contributed by atoms with Crippen LogP contribution >= 0.6 is 0 Å². The van der Waals surface area contributed by atoms with Crippen molar-refractivity contribution < 1.29 is 14.2 Å². The molecule has 1 heterocycles. The van der Waals surface area contributed by atoms with Crippen molar-refractivity contribution >= 4 is 16.7 Å². The zero-order valence-electron chi connectivity index (χ0n) is 15.0. The van der Waals surface area contributed by atoms with Crippen molar-refractivity contribution in [2.45, 2.75) is 5.92 Å². The lowest BCUT2D eigenvalue weighted by Gasteiger charge is -2.31. The molecule has 0 aromatic heterocycles. The molecule has 1 aliphatic rings. The monoisotopic (exact) mass is 358 g/mol. The largest absolute Gasteiger partial charge is 0.493 e. The van der Waals surface area contributed by atoms with Gasteiger partial charge in [-0.25, -0.2) is 0 Å². The second kappa shape index (κ2) is 6.65. The van der Waals surface area contributed by atoms with Crippen molar-refractivity contribution in [3.05, 3.63) is 65.7 Å². The summed E-state index contributed by atoms with van der Waals surface area (Å²) in [5.41, 5.74) is 1.80. The number of fused-ring (bicyclic) bond motifs is 3. The minimum atomic E-state index is -0.721. The lowest BCUT2D eigenvalue weighted by atomic mass is 9.77. The molecule has 1 aliphatic heterocycles. The van der Waals surface area contributed by atoms with Gasteiger partial charge in [0, 0.05) is 11.5 Å². The summed E-state index contributed by atoms with van der Waals surface area (Å²) in [7, 11) is 3.17. The highest BCUT2D eigenvalue weighted by molar-refractivity contribution is 5.94. The molecule has 2 atom stereocenters. The van der Waals surface area contributed by atoms with Crippen LogP contribution in [0.25, 0.3) is 10.8 Å². The molecule has 0 aliphatic carbocycles. The Morgan fingerprint density at radius 2 is 1.78 bits per heavy atom. The van der Waals surface area contributed by atoms with Crippen LogP contribution in [-0.4, -0.2) is 20.1 Å². The molecule has 2 unspecified atom stereocenters.